The molecule has 0 N–H and O–H groups in total. The Balaban J connectivity index is 2.87. The second-order valence-electron chi connectivity index (χ2n) is 4.22. The largest absolute Gasteiger partial charge is 0.433 e. The van der Waals surface area contributed by atoms with Crippen molar-refractivity contribution in [2.24, 2.45) is 0 Å². The molecule has 7 heteroatoms. The molecule has 108 valence electrons. The van der Waals surface area contributed by atoms with E-state index in [1.165, 1.54) is 12.1 Å². The van der Waals surface area contributed by atoms with Crippen LogP contribution in [0.15, 0.2) is 24.3 Å². The number of pyridine rings is 1. The van der Waals surface area contributed by atoms with Gasteiger partial charge in [0, 0.05) is 5.39 Å². The quantitative estimate of drug-likeness (QED) is 0.686. The molecular weight excluding hydrogens is 284 g/mol. The van der Waals surface area contributed by atoms with Crippen molar-refractivity contribution >= 4 is 10.9 Å². The number of halogens is 6. The Labute approximate surface area is 110 Å². The fraction of sp³-hybridized carbons (Fsp3) is 0.308. The fourth-order valence-corrected chi connectivity index (χ4v) is 1.99. The zero-order valence-corrected chi connectivity index (χ0v) is 10.2. The van der Waals surface area contributed by atoms with Gasteiger partial charge in [0.25, 0.3) is 0 Å². The van der Waals surface area contributed by atoms with E-state index < -0.39 is 29.1 Å². The van der Waals surface area contributed by atoms with E-state index >= 15 is 0 Å². The zero-order chi connectivity index (χ0) is 15.1. The lowest BCUT2D eigenvalue weighted by atomic mass is 10.0. The maximum atomic E-state index is 12.9. The van der Waals surface area contributed by atoms with Crippen LogP contribution in [0.5, 0.6) is 0 Å². The number of aromatic nitrogens is 1. The number of alkyl halides is 6. The van der Waals surface area contributed by atoms with Crippen molar-refractivity contribution in [2.75, 3.05) is 0 Å². The molecule has 1 aromatic heterocycles. The fourth-order valence-electron chi connectivity index (χ4n) is 1.99. The van der Waals surface area contributed by atoms with E-state index in [0.29, 0.717) is 0 Å². The van der Waals surface area contributed by atoms with Crippen LogP contribution in [0.1, 0.15) is 23.7 Å². The van der Waals surface area contributed by atoms with Crippen LogP contribution in [0.25, 0.3) is 10.9 Å². The lowest BCUT2D eigenvalue weighted by molar-refractivity contribution is -0.142. The van der Waals surface area contributed by atoms with E-state index in [2.05, 4.69) is 4.98 Å². The van der Waals surface area contributed by atoms with Crippen LogP contribution in [0.2, 0.25) is 0 Å². The molecule has 0 unspecified atom stereocenters. The van der Waals surface area contributed by atoms with Crippen LogP contribution in [0, 0.1) is 0 Å². The van der Waals surface area contributed by atoms with E-state index in [9.17, 15) is 26.3 Å². The summed E-state index contributed by atoms with van der Waals surface area (Å²) in [5.74, 6) is 0. The normalized spacial score (nSPS) is 12.9. The van der Waals surface area contributed by atoms with Gasteiger partial charge in [-0.1, -0.05) is 19.1 Å². The summed E-state index contributed by atoms with van der Waals surface area (Å²) >= 11 is 0. The molecule has 0 bridgehead atoms. The Morgan fingerprint density at radius 1 is 1.00 bits per heavy atom. The Kier molecular flexibility index (Phi) is 3.39. The molecule has 0 atom stereocenters. The highest BCUT2D eigenvalue weighted by Gasteiger charge is 2.37. The van der Waals surface area contributed by atoms with Gasteiger partial charge in [-0.05, 0) is 24.1 Å². The summed E-state index contributed by atoms with van der Waals surface area (Å²) in [6, 6.07) is 4.03. The molecule has 1 nitrogen and oxygen atoms in total. The van der Waals surface area contributed by atoms with Crippen molar-refractivity contribution in [3.05, 3.63) is 41.1 Å². The third kappa shape index (κ3) is 2.57. The van der Waals surface area contributed by atoms with Crippen molar-refractivity contribution < 1.29 is 26.3 Å². The van der Waals surface area contributed by atoms with Crippen LogP contribution in [-0.2, 0) is 18.8 Å². The van der Waals surface area contributed by atoms with Gasteiger partial charge in [0.15, 0.2) is 0 Å². The van der Waals surface area contributed by atoms with Gasteiger partial charge >= 0.3 is 12.4 Å². The number of hydrogen-bond donors (Lipinski definition) is 0. The monoisotopic (exact) mass is 293 g/mol. The first kappa shape index (κ1) is 14.6. The van der Waals surface area contributed by atoms with E-state index in [1.807, 2.05) is 0 Å². The third-order valence-corrected chi connectivity index (χ3v) is 2.90. The van der Waals surface area contributed by atoms with E-state index in [0.717, 1.165) is 12.1 Å². The first-order chi connectivity index (χ1) is 9.14. The number of hydrogen-bond acceptors (Lipinski definition) is 1. The maximum Gasteiger partial charge on any atom is 0.433 e. The second-order valence-corrected chi connectivity index (χ2v) is 4.22. The predicted molar refractivity (Wildman–Crippen MR) is 61.1 cm³/mol. The highest BCUT2D eigenvalue weighted by Crippen LogP contribution is 2.37. The van der Waals surface area contributed by atoms with Crippen LogP contribution in [-0.4, -0.2) is 4.98 Å². The number of nitrogens with zero attached hydrogens (tertiary/aromatic N) is 1. The van der Waals surface area contributed by atoms with Gasteiger partial charge in [0.05, 0.1) is 11.1 Å². The van der Waals surface area contributed by atoms with Crippen molar-refractivity contribution in [1.29, 1.82) is 0 Å². The summed E-state index contributed by atoms with van der Waals surface area (Å²) < 4.78 is 76.7. The molecule has 20 heavy (non-hydrogen) atoms. The lowest BCUT2D eigenvalue weighted by Gasteiger charge is -2.14. The molecule has 0 saturated carbocycles. The molecule has 2 rings (SSSR count). The number of aryl methyl sites for hydroxylation is 1. The minimum Gasteiger partial charge on any atom is -0.243 e. The smallest absolute Gasteiger partial charge is 0.243 e. The Morgan fingerprint density at radius 2 is 1.65 bits per heavy atom. The zero-order valence-electron chi connectivity index (χ0n) is 10.2. The van der Waals surface area contributed by atoms with Crippen LogP contribution in [0.3, 0.4) is 0 Å². The second kappa shape index (κ2) is 4.64. The van der Waals surface area contributed by atoms with E-state index in [4.69, 9.17) is 0 Å². The van der Waals surface area contributed by atoms with Gasteiger partial charge < -0.3 is 0 Å². The molecule has 2 aromatic rings. The Hall–Kier alpha value is -1.79. The number of fused-ring (bicyclic) bond motifs is 1. The van der Waals surface area contributed by atoms with Gasteiger partial charge in [-0.15, -0.1) is 0 Å². The average molecular weight is 293 g/mol. The highest BCUT2D eigenvalue weighted by atomic mass is 19.4. The number of benzene rings is 1. The van der Waals surface area contributed by atoms with Gasteiger partial charge in [-0.3, -0.25) is 0 Å². The Bertz CT molecular complexity index is 642. The van der Waals surface area contributed by atoms with Crippen molar-refractivity contribution in [3.8, 4) is 0 Å². The SMILES string of the molecule is CCc1cc(C(F)(F)F)nc2c(C(F)(F)F)cccc12. The first-order valence-corrected chi connectivity index (χ1v) is 5.71. The lowest BCUT2D eigenvalue weighted by Crippen LogP contribution is -2.12. The highest BCUT2D eigenvalue weighted by molar-refractivity contribution is 5.85. The molecule has 0 aliphatic heterocycles. The van der Waals surface area contributed by atoms with Gasteiger partial charge in [-0.25, -0.2) is 4.98 Å². The molecule has 0 fully saturated rings. The summed E-state index contributed by atoms with van der Waals surface area (Å²) in [4.78, 5) is 3.18. The van der Waals surface area contributed by atoms with Crippen LogP contribution < -0.4 is 0 Å². The van der Waals surface area contributed by atoms with Crippen LogP contribution >= 0.6 is 0 Å². The summed E-state index contributed by atoms with van der Waals surface area (Å²) in [7, 11) is 0. The van der Waals surface area contributed by atoms with Crippen molar-refractivity contribution in [2.45, 2.75) is 25.7 Å². The molecule has 0 radical (unpaired) electrons. The molecule has 0 saturated heterocycles. The first-order valence-electron chi connectivity index (χ1n) is 5.71. The molecule has 0 spiro atoms. The topological polar surface area (TPSA) is 12.9 Å². The molecule has 1 heterocycles. The molecular formula is C13H9F6N. The summed E-state index contributed by atoms with van der Waals surface area (Å²) in [5, 5.41) is 0.0929. The molecule has 0 amide bonds. The molecule has 1 aromatic carbocycles. The summed E-state index contributed by atoms with van der Waals surface area (Å²) in [6.07, 6.45) is -9.35. The molecule has 0 aliphatic rings. The van der Waals surface area contributed by atoms with Crippen LogP contribution in [0.4, 0.5) is 26.3 Å². The van der Waals surface area contributed by atoms with E-state index in [1.54, 1.807) is 6.92 Å². The van der Waals surface area contributed by atoms with Gasteiger partial charge in [0.2, 0.25) is 0 Å². The summed E-state index contributed by atoms with van der Waals surface area (Å²) in [6.45, 7) is 1.58. The van der Waals surface area contributed by atoms with Gasteiger partial charge in [0.1, 0.15) is 5.69 Å². The predicted octanol–water partition coefficient (Wildman–Crippen LogP) is 4.83. The Morgan fingerprint density at radius 3 is 2.15 bits per heavy atom. The third-order valence-electron chi connectivity index (χ3n) is 2.90. The number of rotatable bonds is 1. The van der Waals surface area contributed by atoms with E-state index in [-0.39, 0.29) is 17.4 Å². The minimum atomic E-state index is -4.78. The van der Waals surface area contributed by atoms with Gasteiger partial charge in [-0.2, -0.15) is 26.3 Å². The van der Waals surface area contributed by atoms with Crippen molar-refractivity contribution in [1.82, 2.24) is 4.98 Å². The number of para-hydroxylation sites is 1. The maximum absolute atomic E-state index is 12.9. The minimum absolute atomic E-state index is 0.0929. The average Bonchev–Trinajstić information content (AvgIpc) is 2.34. The summed E-state index contributed by atoms with van der Waals surface area (Å²) in [5.41, 5.74) is -2.94. The standard InChI is InChI=1S/C13H9F6N/c1-2-7-6-10(13(17,18)19)20-11-8(7)4-3-5-9(11)12(14,15)16/h3-6H,2H2,1H3. The molecule has 0 aliphatic carbocycles. The van der Waals surface area contributed by atoms with Crippen molar-refractivity contribution in [3.63, 3.8) is 0 Å².